The largest absolute Gasteiger partial charge is 0.486 e. The lowest BCUT2D eigenvalue weighted by Gasteiger charge is -2.19. The van der Waals surface area contributed by atoms with E-state index in [4.69, 9.17) is 9.47 Å². The van der Waals surface area contributed by atoms with Gasteiger partial charge in [0.15, 0.2) is 17.2 Å². The first-order chi connectivity index (χ1) is 11.6. The summed E-state index contributed by atoms with van der Waals surface area (Å²) >= 11 is 0. The van der Waals surface area contributed by atoms with Crippen LogP contribution in [0, 0.1) is 12.8 Å². The van der Waals surface area contributed by atoms with E-state index in [2.05, 4.69) is 17.2 Å². The molecule has 1 saturated heterocycles. The van der Waals surface area contributed by atoms with Gasteiger partial charge in [-0.2, -0.15) is 0 Å². The maximum Gasteiger partial charge on any atom is 0.276 e. The molecule has 1 atom stereocenters. The summed E-state index contributed by atoms with van der Waals surface area (Å²) in [5.41, 5.74) is 1.95. The van der Waals surface area contributed by atoms with Crippen LogP contribution in [0.15, 0.2) is 18.2 Å². The highest BCUT2D eigenvalue weighted by molar-refractivity contribution is 5.93. The molecule has 1 fully saturated rings. The SMILES string of the molecule is Cc1c(C(=O)N2CCC(C)C2)nnn1-c1ccc2c(c1)OCCO2. The molecule has 0 aliphatic carbocycles. The minimum atomic E-state index is -0.0411. The van der Waals surface area contributed by atoms with Gasteiger partial charge < -0.3 is 14.4 Å². The van der Waals surface area contributed by atoms with Crippen LogP contribution in [-0.4, -0.2) is 52.1 Å². The molecule has 7 nitrogen and oxygen atoms in total. The average molecular weight is 328 g/mol. The lowest BCUT2D eigenvalue weighted by atomic mass is 10.2. The number of carbonyl (C=O) groups excluding carboxylic acids is 1. The van der Waals surface area contributed by atoms with Crippen molar-refractivity contribution in [1.82, 2.24) is 19.9 Å². The lowest BCUT2D eigenvalue weighted by Crippen LogP contribution is -2.29. The Balaban J connectivity index is 1.63. The first-order valence-corrected chi connectivity index (χ1v) is 8.25. The maximum atomic E-state index is 12.7. The molecule has 1 amide bonds. The molecule has 7 heteroatoms. The van der Waals surface area contributed by atoms with Crippen molar-refractivity contribution in [1.29, 1.82) is 0 Å². The molecule has 0 bridgehead atoms. The number of fused-ring (bicyclic) bond motifs is 1. The number of amides is 1. The monoisotopic (exact) mass is 328 g/mol. The average Bonchev–Trinajstić information content (AvgIpc) is 3.20. The Morgan fingerprint density at radius 1 is 1.25 bits per heavy atom. The highest BCUT2D eigenvalue weighted by Crippen LogP contribution is 2.32. The Morgan fingerprint density at radius 2 is 2.04 bits per heavy atom. The molecule has 0 spiro atoms. The molecule has 2 aliphatic heterocycles. The molecule has 2 aliphatic rings. The Kier molecular flexibility index (Phi) is 3.63. The summed E-state index contributed by atoms with van der Waals surface area (Å²) < 4.78 is 12.8. The number of rotatable bonds is 2. The zero-order valence-corrected chi connectivity index (χ0v) is 13.9. The number of nitrogens with zero attached hydrogens (tertiary/aromatic N) is 4. The molecule has 1 aromatic carbocycles. The van der Waals surface area contributed by atoms with E-state index in [-0.39, 0.29) is 5.91 Å². The van der Waals surface area contributed by atoms with Crippen LogP contribution in [0.4, 0.5) is 0 Å². The van der Waals surface area contributed by atoms with E-state index in [1.54, 1.807) is 4.68 Å². The second-order valence-electron chi connectivity index (χ2n) is 6.41. The first-order valence-electron chi connectivity index (χ1n) is 8.25. The van der Waals surface area contributed by atoms with Crippen LogP contribution in [0.1, 0.15) is 29.5 Å². The summed E-state index contributed by atoms with van der Waals surface area (Å²) in [4.78, 5) is 14.5. The van der Waals surface area contributed by atoms with Crippen molar-refractivity contribution >= 4 is 5.91 Å². The van der Waals surface area contributed by atoms with Crippen LogP contribution >= 0.6 is 0 Å². The van der Waals surface area contributed by atoms with Gasteiger partial charge >= 0.3 is 0 Å². The molecule has 24 heavy (non-hydrogen) atoms. The predicted octanol–water partition coefficient (Wildman–Crippen LogP) is 1.83. The van der Waals surface area contributed by atoms with Crippen molar-refractivity contribution < 1.29 is 14.3 Å². The van der Waals surface area contributed by atoms with Crippen LogP contribution in [0.25, 0.3) is 5.69 Å². The second kappa shape index (κ2) is 5.81. The lowest BCUT2D eigenvalue weighted by molar-refractivity contribution is 0.0781. The number of hydrogen-bond acceptors (Lipinski definition) is 5. The Hall–Kier alpha value is -2.57. The molecule has 2 aromatic rings. The molecule has 1 unspecified atom stereocenters. The van der Waals surface area contributed by atoms with Gasteiger partial charge in [-0.1, -0.05) is 12.1 Å². The number of carbonyl (C=O) groups is 1. The van der Waals surface area contributed by atoms with Gasteiger partial charge in [0.05, 0.1) is 11.4 Å². The van der Waals surface area contributed by atoms with Gasteiger partial charge in [-0.15, -0.1) is 5.10 Å². The van der Waals surface area contributed by atoms with Crippen LogP contribution in [-0.2, 0) is 0 Å². The first kappa shape index (κ1) is 15.0. The third-order valence-electron chi connectivity index (χ3n) is 4.58. The molecular formula is C17H20N4O3. The zero-order chi connectivity index (χ0) is 16.7. The summed E-state index contributed by atoms with van der Waals surface area (Å²) in [6.45, 7) is 6.69. The summed E-state index contributed by atoms with van der Waals surface area (Å²) in [6, 6.07) is 5.61. The third-order valence-corrected chi connectivity index (χ3v) is 4.58. The van der Waals surface area contributed by atoms with E-state index >= 15 is 0 Å². The number of ether oxygens (including phenoxy) is 2. The van der Waals surface area contributed by atoms with Gasteiger partial charge in [0.25, 0.3) is 5.91 Å². The predicted molar refractivity (Wildman–Crippen MR) is 86.8 cm³/mol. The Morgan fingerprint density at radius 3 is 2.79 bits per heavy atom. The van der Waals surface area contributed by atoms with Crippen LogP contribution in [0.5, 0.6) is 11.5 Å². The van der Waals surface area contributed by atoms with Gasteiger partial charge in [-0.3, -0.25) is 4.79 Å². The molecule has 3 heterocycles. The van der Waals surface area contributed by atoms with Gasteiger partial charge in [-0.05, 0) is 31.4 Å². The van der Waals surface area contributed by atoms with Crippen molar-refractivity contribution in [3.05, 3.63) is 29.6 Å². The van der Waals surface area contributed by atoms with E-state index in [1.807, 2.05) is 30.0 Å². The molecule has 126 valence electrons. The smallest absolute Gasteiger partial charge is 0.276 e. The van der Waals surface area contributed by atoms with Crippen molar-refractivity contribution in [3.63, 3.8) is 0 Å². The van der Waals surface area contributed by atoms with Crippen molar-refractivity contribution in [2.45, 2.75) is 20.3 Å². The minimum absolute atomic E-state index is 0.0411. The molecule has 0 radical (unpaired) electrons. The number of hydrogen-bond donors (Lipinski definition) is 0. The van der Waals surface area contributed by atoms with Crippen molar-refractivity contribution in [2.75, 3.05) is 26.3 Å². The fraction of sp³-hybridized carbons (Fsp3) is 0.471. The summed E-state index contributed by atoms with van der Waals surface area (Å²) in [5, 5.41) is 8.29. The summed E-state index contributed by atoms with van der Waals surface area (Å²) in [5.74, 6) is 1.92. The zero-order valence-electron chi connectivity index (χ0n) is 13.9. The molecular weight excluding hydrogens is 308 g/mol. The fourth-order valence-corrected chi connectivity index (χ4v) is 3.21. The standard InChI is InChI=1S/C17H20N4O3/c1-11-5-6-20(10-11)17(22)16-12(2)21(19-18-16)13-3-4-14-15(9-13)24-8-7-23-14/h3-4,9,11H,5-8,10H2,1-2H3. The van der Waals surface area contributed by atoms with Crippen LogP contribution in [0.2, 0.25) is 0 Å². The van der Waals surface area contributed by atoms with Crippen molar-refractivity contribution in [3.8, 4) is 17.2 Å². The van der Waals surface area contributed by atoms with Gasteiger partial charge in [0, 0.05) is 19.2 Å². The van der Waals surface area contributed by atoms with E-state index in [0.717, 1.165) is 36.6 Å². The highest BCUT2D eigenvalue weighted by atomic mass is 16.6. The van der Waals surface area contributed by atoms with Gasteiger partial charge in [0.1, 0.15) is 13.2 Å². The molecule has 4 rings (SSSR count). The van der Waals surface area contributed by atoms with Crippen LogP contribution < -0.4 is 9.47 Å². The van der Waals surface area contributed by atoms with Crippen LogP contribution in [0.3, 0.4) is 0 Å². The number of aromatic nitrogens is 3. The summed E-state index contributed by atoms with van der Waals surface area (Å²) in [7, 11) is 0. The van der Waals surface area contributed by atoms with E-state index in [9.17, 15) is 4.79 Å². The quantitative estimate of drug-likeness (QED) is 0.841. The van der Waals surface area contributed by atoms with Gasteiger partial charge in [0.2, 0.25) is 0 Å². The Bertz CT molecular complexity index is 786. The van der Waals surface area contributed by atoms with E-state index in [0.29, 0.717) is 30.6 Å². The van der Waals surface area contributed by atoms with Crippen molar-refractivity contribution in [2.24, 2.45) is 5.92 Å². The fourth-order valence-electron chi connectivity index (χ4n) is 3.21. The Labute approximate surface area is 140 Å². The minimum Gasteiger partial charge on any atom is -0.486 e. The maximum absolute atomic E-state index is 12.7. The second-order valence-corrected chi connectivity index (χ2v) is 6.41. The van der Waals surface area contributed by atoms with Gasteiger partial charge in [-0.25, -0.2) is 4.68 Å². The topological polar surface area (TPSA) is 69.5 Å². The number of benzene rings is 1. The normalized spacial score (nSPS) is 19.6. The highest BCUT2D eigenvalue weighted by Gasteiger charge is 2.28. The molecule has 0 saturated carbocycles. The molecule has 1 aromatic heterocycles. The molecule has 0 N–H and O–H groups in total. The van der Waals surface area contributed by atoms with E-state index in [1.165, 1.54) is 0 Å². The summed E-state index contributed by atoms with van der Waals surface area (Å²) in [6.07, 6.45) is 1.04. The number of likely N-dealkylation sites (tertiary alicyclic amines) is 1. The van der Waals surface area contributed by atoms with E-state index < -0.39 is 0 Å². The third kappa shape index (κ3) is 2.50.